The van der Waals surface area contributed by atoms with Crippen LogP contribution in [0.4, 0.5) is 5.95 Å². The number of benzene rings is 1. The number of carbonyl (C=O) groups is 2. The van der Waals surface area contributed by atoms with Crippen molar-refractivity contribution in [2.75, 3.05) is 5.32 Å². The summed E-state index contributed by atoms with van der Waals surface area (Å²) in [4.78, 5) is 37.4. The van der Waals surface area contributed by atoms with Crippen molar-refractivity contribution in [2.45, 2.75) is 36.9 Å². The van der Waals surface area contributed by atoms with Crippen LogP contribution in [0.1, 0.15) is 41.6 Å². The zero-order valence-corrected chi connectivity index (χ0v) is 16.6. The summed E-state index contributed by atoms with van der Waals surface area (Å²) in [5.41, 5.74) is 0.621. The smallest absolute Gasteiger partial charge is 0.341 e. The number of esters is 1. The number of nitrogens with one attached hydrogen (secondary N) is 1. The normalized spacial score (nSPS) is 24.5. The summed E-state index contributed by atoms with van der Waals surface area (Å²) in [6.45, 7) is 0. The van der Waals surface area contributed by atoms with E-state index in [1.165, 1.54) is 6.20 Å². The quantitative estimate of drug-likeness (QED) is 0.631. The number of rotatable bonds is 3. The van der Waals surface area contributed by atoms with Crippen molar-refractivity contribution >= 4 is 17.8 Å². The van der Waals surface area contributed by atoms with E-state index in [0.29, 0.717) is 18.4 Å². The molecule has 8 heteroatoms. The summed E-state index contributed by atoms with van der Waals surface area (Å²) in [7, 11) is 0. The number of amides is 1. The maximum absolute atomic E-state index is 12.8. The molecule has 2 N–H and O–H groups in total. The lowest BCUT2D eigenvalue weighted by Crippen LogP contribution is -2.49. The second kappa shape index (κ2) is 7.24. The zero-order chi connectivity index (χ0) is 21.5. The minimum atomic E-state index is -1.59. The number of aliphatic hydroxyl groups is 1. The van der Waals surface area contributed by atoms with Crippen LogP contribution in [0, 0.1) is 0 Å². The lowest BCUT2D eigenvalue weighted by Gasteiger charge is -2.40. The SMILES string of the molecule is O=C1O[C@]2(CC[C@@](O)(C(=O)Nc3ncc(-c4ccccc4)cn3)CC2)c2ccncc21. The van der Waals surface area contributed by atoms with Crippen LogP contribution in [0.3, 0.4) is 0 Å². The third-order valence-electron chi connectivity index (χ3n) is 6.11. The van der Waals surface area contributed by atoms with Crippen molar-refractivity contribution in [2.24, 2.45) is 0 Å². The maximum Gasteiger partial charge on any atom is 0.341 e. The fraction of sp³-hybridized carbons (Fsp3) is 0.261. The van der Waals surface area contributed by atoms with Crippen molar-refractivity contribution in [1.82, 2.24) is 15.0 Å². The van der Waals surface area contributed by atoms with Crippen molar-refractivity contribution in [3.05, 3.63) is 72.3 Å². The molecule has 1 aliphatic heterocycles. The second-order valence-corrected chi connectivity index (χ2v) is 7.95. The fourth-order valence-corrected chi connectivity index (χ4v) is 4.30. The Labute approximate surface area is 178 Å². The molecule has 1 spiro atoms. The van der Waals surface area contributed by atoms with E-state index in [4.69, 9.17) is 4.74 Å². The van der Waals surface area contributed by atoms with Gasteiger partial charge < -0.3 is 9.84 Å². The molecule has 5 rings (SSSR count). The van der Waals surface area contributed by atoms with Crippen LogP contribution in [0.25, 0.3) is 11.1 Å². The summed E-state index contributed by atoms with van der Waals surface area (Å²) in [6, 6.07) is 11.4. The van der Waals surface area contributed by atoms with Crippen molar-refractivity contribution in [3.63, 3.8) is 0 Å². The van der Waals surface area contributed by atoms with Crippen LogP contribution in [-0.4, -0.2) is 37.5 Å². The molecule has 1 amide bonds. The molecule has 2 aliphatic rings. The van der Waals surface area contributed by atoms with Gasteiger partial charge >= 0.3 is 5.97 Å². The second-order valence-electron chi connectivity index (χ2n) is 7.95. The molecule has 156 valence electrons. The summed E-state index contributed by atoms with van der Waals surface area (Å²) >= 11 is 0. The Morgan fingerprint density at radius 1 is 0.968 bits per heavy atom. The van der Waals surface area contributed by atoms with Crippen LogP contribution >= 0.6 is 0 Å². The molecule has 0 atom stereocenters. The Morgan fingerprint density at radius 3 is 2.39 bits per heavy atom. The molecule has 1 fully saturated rings. The first-order valence-corrected chi connectivity index (χ1v) is 10.1. The lowest BCUT2D eigenvalue weighted by atomic mass is 9.72. The van der Waals surface area contributed by atoms with E-state index < -0.39 is 23.1 Å². The number of aromatic nitrogens is 3. The predicted octanol–water partition coefficient (Wildman–Crippen LogP) is 2.85. The van der Waals surface area contributed by atoms with Crippen molar-refractivity contribution < 1.29 is 19.4 Å². The van der Waals surface area contributed by atoms with Gasteiger partial charge in [-0.1, -0.05) is 30.3 Å². The van der Waals surface area contributed by atoms with Gasteiger partial charge in [0.1, 0.15) is 11.2 Å². The topological polar surface area (TPSA) is 114 Å². The van der Waals surface area contributed by atoms with E-state index in [0.717, 1.165) is 16.7 Å². The largest absolute Gasteiger partial charge is 0.450 e. The Morgan fingerprint density at radius 2 is 1.68 bits per heavy atom. The number of hydrogen-bond donors (Lipinski definition) is 2. The first-order valence-electron chi connectivity index (χ1n) is 10.1. The van der Waals surface area contributed by atoms with Crippen LogP contribution in [0.2, 0.25) is 0 Å². The molecule has 1 aliphatic carbocycles. The predicted molar refractivity (Wildman–Crippen MR) is 111 cm³/mol. The van der Waals surface area contributed by atoms with Gasteiger partial charge in [0.05, 0.1) is 5.56 Å². The molecular weight excluding hydrogens is 396 g/mol. The van der Waals surface area contributed by atoms with Gasteiger partial charge in [0.25, 0.3) is 5.91 Å². The maximum atomic E-state index is 12.8. The van der Waals surface area contributed by atoms with E-state index >= 15 is 0 Å². The van der Waals surface area contributed by atoms with E-state index in [2.05, 4.69) is 20.3 Å². The summed E-state index contributed by atoms with van der Waals surface area (Å²) in [6.07, 6.45) is 7.34. The van der Waals surface area contributed by atoms with Crippen LogP contribution < -0.4 is 5.32 Å². The Balaban J connectivity index is 1.28. The van der Waals surface area contributed by atoms with Gasteiger partial charge in [0.15, 0.2) is 0 Å². The van der Waals surface area contributed by atoms with Gasteiger partial charge in [-0.05, 0) is 37.3 Å². The van der Waals surface area contributed by atoms with Crippen molar-refractivity contribution in [1.29, 1.82) is 0 Å². The van der Waals surface area contributed by atoms with E-state index in [-0.39, 0.29) is 18.8 Å². The monoisotopic (exact) mass is 416 g/mol. The number of nitrogens with zero attached hydrogens (tertiary/aromatic N) is 3. The number of ether oxygens (including phenoxy) is 1. The average molecular weight is 416 g/mol. The molecule has 0 unspecified atom stereocenters. The van der Waals surface area contributed by atoms with Crippen LogP contribution in [-0.2, 0) is 15.1 Å². The van der Waals surface area contributed by atoms with Gasteiger partial charge in [-0.3, -0.25) is 15.1 Å². The van der Waals surface area contributed by atoms with Gasteiger partial charge in [0.2, 0.25) is 5.95 Å². The third kappa shape index (κ3) is 3.34. The highest BCUT2D eigenvalue weighted by atomic mass is 16.6. The van der Waals surface area contributed by atoms with Gasteiger partial charge in [0, 0.05) is 35.9 Å². The van der Waals surface area contributed by atoms with Crippen LogP contribution in [0.15, 0.2) is 61.2 Å². The highest BCUT2D eigenvalue weighted by molar-refractivity contribution is 5.96. The zero-order valence-electron chi connectivity index (χ0n) is 16.6. The summed E-state index contributed by atoms with van der Waals surface area (Å²) in [5.74, 6) is -0.846. The first-order chi connectivity index (χ1) is 15.0. The summed E-state index contributed by atoms with van der Waals surface area (Å²) in [5, 5.41) is 13.6. The molecule has 1 aromatic carbocycles. The molecule has 3 aromatic rings. The van der Waals surface area contributed by atoms with E-state index in [1.54, 1.807) is 24.7 Å². The molecular formula is C23H20N4O4. The minimum Gasteiger partial charge on any atom is -0.450 e. The number of fused-ring (bicyclic) bond motifs is 2. The Bertz CT molecular complexity index is 1140. The minimum absolute atomic E-state index is 0.127. The first kappa shape index (κ1) is 19.3. The number of carbonyl (C=O) groups excluding carboxylic acids is 2. The lowest BCUT2D eigenvalue weighted by molar-refractivity contribution is -0.144. The van der Waals surface area contributed by atoms with E-state index in [9.17, 15) is 14.7 Å². The molecule has 3 heterocycles. The molecule has 8 nitrogen and oxygen atoms in total. The fourth-order valence-electron chi connectivity index (χ4n) is 4.30. The Kier molecular flexibility index (Phi) is 4.51. The summed E-state index contributed by atoms with van der Waals surface area (Å²) < 4.78 is 5.66. The number of hydrogen-bond acceptors (Lipinski definition) is 7. The van der Waals surface area contributed by atoms with E-state index in [1.807, 2.05) is 30.3 Å². The standard InChI is InChI=1S/C23H20N4O4/c28-19-17-14-24-11-6-18(17)23(31-19)9-7-22(30,8-10-23)20(29)27-21-25-12-16(13-26-21)15-4-2-1-3-5-15/h1-6,11-14,30H,7-10H2,(H,25,26,27,29)/t22-,23-. The third-order valence-corrected chi connectivity index (χ3v) is 6.11. The molecule has 31 heavy (non-hydrogen) atoms. The highest BCUT2D eigenvalue weighted by Gasteiger charge is 2.53. The number of pyridine rings is 1. The average Bonchev–Trinajstić information content (AvgIpc) is 3.09. The number of anilines is 1. The molecule has 2 aromatic heterocycles. The van der Waals surface area contributed by atoms with Gasteiger partial charge in [-0.15, -0.1) is 0 Å². The van der Waals surface area contributed by atoms with Gasteiger partial charge in [-0.25, -0.2) is 14.8 Å². The highest BCUT2D eigenvalue weighted by Crippen LogP contribution is 2.49. The van der Waals surface area contributed by atoms with Gasteiger partial charge in [-0.2, -0.15) is 0 Å². The molecule has 0 bridgehead atoms. The molecule has 0 saturated heterocycles. The van der Waals surface area contributed by atoms with Crippen molar-refractivity contribution in [3.8, 4) is 11.1 Å². The Hall–Kier alpha value is -3.65. The van der Waals surface area contributed by atoms with Crippen LogP contribution in [0.5, 0.6) is 0 Å². The molecule has 0 radical (unpaired) electrons. The molecule has 1 saturated carbocycles.